The topological polar surface area (TPSA) is 14.8 Å². The van der Waals surface area contributed by atoms with E-state index < -0.39 is 10.0 Å². The van der Waals surface area contributed by atoms with Gasteiger partial charge >= 0.3 is 0 Å². The summed E-state index contributed by atoms with van der Waals surface area (Å²) in [5, 5.41) is 10.2. The molecule has 4 heteroatoms. The van der Waals surface area contributed by atoms with Gasteiger partial charge in [0.05, 0.1) is 33.1 Å². The summed E-state index contributed by atoms with van der Waals surface area (Å²) >= 11 is 0. The first-order chi connectivity index (χ1) is 37.4. The van der Waals surface area contributed by atoms with E-state index in [1.54, 1.807) is 0 Å². The maximum Gasteiger partial charge on any atom is 0.0541 e. The summed E-state index contributed by atoms with van der Waals surface area (Å²) in [7, 11) is -1.51. The lowest BCUT2D eigenvalue weighted by Gasteiger charge is -2.40. The first-order valence-electron chi connectivity index (χ1n) is 26.2. The molecule has 3 nitrogen and oxygen atoms in total. The molecule has 0 bridgehead atoms. The maximum absolute atomic E-state index is 2.53. The Labute approximate surface area is 442 Å². The molecule has 3 aromatic heterocycles. The molecule has 0 aliphatic carbocycles. The average Bonchev–Trinajstić information content (AvgIpc) is 4.21. The second-order valence-electron chi connectivity index (χ2n) is 20.9. The Morgan fingerprint density at radius 1 is 0.250 bits per heavy atom. The van der Waals surface area contributed by atoms with Crippen LogP contribution in [0.4, 0.5) is 0 Å². The number of nitrogens with zero attached hydrogens (tertiary/aromatic N) is 3. The molecule has 12 aromatic carbocycles. The average molecular weight is 988 g/mol. The smallest absolute Gasteiger partial charge is 0.0541 e. The zero-order valence-corrected chi connectivity index (χ0v) is 42.9. The number of benzene rings is 12. The van der Waals surface area contributed by atoms with Gasteiger partial charge in [0.1, 0.15) is 0 Å². The molecule has 0 atom stereocenters. The number of hydrogen-bond donors (Lipinski definition) is 0. The third kappa shape index (κ3) is 6.32. The molecule has 0 saturated heterocycles. The van der Waals surface area contributed by atoms with Gasteiger partial charge in [-0.2, -0.15) is 10.0 Å². The predicted molar refractivity (Wildman–Crippen MR) is 325 cm³/mol. The fourth-order valence-corrected chi connectivity index (χ4v) is 15.5. The SMILES string of the molecule is CS1(C)c2ccc(-c3cccc(-n4c5ccccc5c5ccccc54)c3)cc2-c2cc(-c3cccc(-n4c5ccccc5c5ccccc54)c3)cc3cc(-c4cccc(-n5c6ccccc6c6ccccc65)c4)cc1c23. The third-order valence-electron chi connectivity index (χ3n) is 16.4. The summed E-state index contributed by atoms with van der Waals surface area (Å²) in [6.45, 7) is 0. The Morgan fingerprint density at radius 3 is 0.974 bits per heavy atom. The Morgan fingerprint density at radius 2 is 0.579 bits per heavy atom. The van der Waals surface area contributed by atoms with Crippen LogP contribution in [0.25, 0.3) is 138 Å². The highest BCUT2D eigenvalue weighted by Gasteiger charge is 2.32. The number of hydrogen-bond acceptors (Lipinski definition) is 0. The molecule has 0 saturated carbocycles. The van der Waals surface area contributed by atoms with Crippen molar-refractivity contribution in [1.29, 1.82) is 0 Å². The van der Waals surface area contributed by atoms with Gasteiger partial charge in [-0.1, -0.05) is 152 Å². The van der Waals surface area contributed by atoms with Crippen LogP contribution in [0.3, 0.4) is 0 Å². The molecule has 16 rings (SSSR count). The van der Waals surface area contributed by atoms with Crippen LogP contribution < -0.4 is 0 Å². The molecule has 4 heterocycles. The lowest BCUT2D eigenvalue weighted by molar-refractivity contribution is 1.18. The summed E-state index contributed by atoms with van der Waals surface area (Å²) in [5.41, 5.74) is 20.6. The fourth-order valence-electron chi connectivity index (χ4n) is 13.0. The number of para-hydroxylation sites is 6. The van der Waals surface area contributed by atoms with E-state index in [1.807, 2.05) is 0 Å². The van der Waals surface area contributed by atoms with Crippen molar-refractivity contribution in [3.05, 3.63) is 261 Å². The summed E-state index contributed by atoms with van der Waals surface area (Å²) in [6.07, 6.45) is 5.01. The van der Waals surface area contributed by atoms with Gasteiger partial charge < -0.3 is 13.7 Å². The molecule has 0 unspecified atom stereocenters. The van der Waals surface area contributed by atoms with Crippen molar-refractivity contribution in [2.75, 3.05) is 12.5 Å². The van der Waals surface area contributed by atoms with Gasteiger partial charge in [-0.25, -0.2) is 0 Å². The fraction of sp³-hybridized carbons (Fsp3) is 0.0278. The van der Waals surface area contributed by atoms with E-state index in [-0.39, 0.29) is 0 Å². The summed E-state index contributed by atoms with van der Waals surface area (Å²) in [4.78, 5) is 2.84. The highest BCUT2D eigenvalue weighted by Crippen LogP contribution is 2.66. The van der Waals surface area contributed by atoms with Gasteiger partial charge in [0.15, 0.2) is 0 Å². The molecular formula is C72H49N3S. The number of fused-ring (bicyclic) bond motifs is 11. The summed E-state index contributed by atoms with van der Waals surface area (Å²) < 4.78 is 7.29. The van der Waals surface area contributed by atoms with Crippen LogP contribution in [0, 0.1) is 0 Å². The van der Waals surface area contributed by atoms with Crippen LogP contribution in [-0.4, -0.2) is 26.2 Å². The Hall–Kier alpha value is -9.35. The van der Waals surface area contributed by atoms with Crippen molar-refractivity contribution < 1.29 is 0 Å². The molecule has 358 valence electrons. The van der Waals surface area contributed by atoms with Crippen molar-refractivity contribution in [1.82, 2.24) is 13.7 Å². The first kappa shape index (κ1) is 43.1. The van der Waals surface area contributed by atoms with E-state index in [4.69, 9.17) is 0 Å². The zero-order chi connectivity index (χ0) is 50.2. The predicted octanol–water partition coefficient (Wildman–Crippen LogP) is 19.6. The van der Waals surface area contributed by atoms with Crippen molar-refractivity contribution in [3.8, 4) is 61.6 Å². The standard InChI is InChI=1S/C72H49N3S/c1-76(2)70-37-36-49(46-18-15-21-53(40-46)73-64-30-9-3-24-56(64)57-25-4-10-31-65(57)73)43-62(70)63-44-50(47-19-16-22-54(41-47)74-66-32-11-5-26-58(66)59-27-6-12-33-67(59)74)38-52-39-51(45-71(76)72(52)63)48-20-17-23-55(42-48)75-68-34-13-7-28-60(68)61-29-8-14-35-69(61)75/h3-45H,1-2H3. The molecular weight excluding hydrogens is 939 g/mol. The quantitative estimate of drug-likeness (QED) is 0.158. The number of aromatic nitrogens is 3. The van der Waals surface area contributed by atoms with Gasteiger partial charge in [0, 0.05) is 64.6 Å². The van der Waals surface area contributed by atoms with Crippen molar-refractivity contribution in [2.24, 2.45) is 0 Å². The first-order valence-corrected chi connectivity index (χ1v) is 28.7. The minimum Gasteiger partial charge on any atom is -0.309 e. The van der Waals surface area contributed by atoms with Crippen molar-refractivity contribution in [2.45, 2.75) is 9.79 Å². The lowest BCUT2D eigenvalue weighted by atomic mass is 9.89. The van der Waals surface area contributed by atoms with E-state index in [1.165, 1.54) is 130 Å². The van der Waals surface area contributed by atoms with E-state index in [0.717, 1.165) is 17.1 Å². The van der Waals surface area contributed by atoms with Crippen LogP contribution in [0.1, 0.15) is 0 Å². The second kappa shape index (κ2) is 16.3. The van der Waals surface area contributed by atoms with Gasteiger partial charge in [-0.3, -0.25) is 0 Å². The van der Waals surface area contributed by atoms with Crippen LogP contribution >= 0.6 is 10.0 Å². The highest BCUT2D eigenvalue weighted by molar-refractivity contribution is 8.33. The second-order valence-corrected chi connectivity index (χ2v) is 24.4. The van der Waals surface area contributed by atoms with Crippen LogP contribution in [0.2, 0.25) is 0 Å². The molecule has 0 amide bonds. The van der Waals surface area contributed by atoms with Crippen LogP contribution in [0.5, 0.6) is 0 Å². The van der Waals surface area contributed by atoms with Gasteiger partial charge in [-0.15, -0.1) is 0 Å². The zero-order valence-electron chi connectivity index (χ0n) is 42.1. The Kier molecular flexibility index (Phi) is 9.25. The minimum absolute atomic E-state index is 1.15. The van der Waals surface area contributed by atoms with Crippen molar-refractivity contribution >= 4 is 86.2 Å². The monoisotopic (exact) mass is 987 g/mol. The van der Waals surface area contributed by atoms with Crippen LogP contribution in [0.15, 0.2) is 271 Å². The van der Waals surface area contributed by atoms with E-state index in [0.29, 0.717) is 0 Å². The van der Waals surface area contributed by atoms with E-state index in [9.17, 15) is 0 Å². The van der Waals surface area contributed by atoms with Gasteiger partial charge in [0.2, 0.25) is 0 Å². The molecule has 0 radical (unpaired) electrons. The number of rotatable bonds is 6. The van der Waals surface area contributed by atoms with E-state index >= 15 is 0 Å². The van der Waals surface area contributed by atoms with Gasteiger partial charge in [0.25, 0.3) is 0 Å². The molecule has 0 N–H and O–H groups in total. The normalized spacial score (nSPS) is 13.4. The molecule has 0 fully saturated rings. The Bertz CT molecular complexity index is 4760. The largest absolute Gasteiger partial charge is 0.309 e. The van der Waals surface area contributed by atoms with Gasteiger partial charge in [-0.05, 0) is 172 Å². The molecule has 1 aliphatic rings. The molecule has 1 aliphatic heterocycles. The third-order valence-corrected chi connectivity index (χ3v) is 19.3. The van der Waals surface area contributed by atoms with E-state index in [2.05, 4.69) is 287 Å². The minimum atomic E-state index is -1.51. The molecule has 15 aromatic rings. The van der Waals surface area contributed by atoms with Crippen LogP contribution in [-0.2, 0) is 0 Å². The summed E-state index contributed by atoms with van der Waals surface area (Å²) in [5.74, 6) is 0. The highest BCUT2D eigenvalue weighted by atomic mass is 32.3. The Balaban J connectivity index is 0.904. The molecule has 76 heavy (non-hydrogen) atoms. The maximum atomic E-state index is 2.53. The lowest BCUT2D eigenvalue weighted by Crippen LogP contribution is -2.07. The van der Waals surface area contributed by atoms with Crippen molar-refractivity contribution in [3.63, 3.8) is 0 Å². The summed E-state index contributed by atoms with van der Waals surface area (Å²) in [6, 6.07) is 97.5. The molecule has 0 spiro atoms.